The van der Waals surface area contributed by atoms with Gasteiger partial charge in [0.25, 0.3) is 11.6 Å². The maximum Gasteiger partial charge on any atom is 0.270 e. The number of rotatable bonds is 9. The molecule has 2 heterocycles. The van der Waals surface area contributed by atoms with Crippen LogP contribution in [0.1, 0.15) is 5.76 Å². The van der Waals surface area contributed by atoms with E-state index in [9.17, 15) is 14.9 Å². The lowest BCUT2D eigenvalue weighted by Gasteiger charge is -2.05. The maximum atomic E-state index is 12.2. The van der Waals surface area contributed by atoms with E-state index >= 15 is 0 Å². The van der Waals surface area contributed by atoms with Gasteiger partial charge in [-0.2, -0.15) is 9.78 Å². The van der Waals surface area contributed by atoms with Gasteiger partial charge in [-0.15, -0.1) is 5.10 Å². The molecule has 0 atom stereocenters. The second-order valence-corrected chi connectivity index (χ2v) is 7.58. The molecule has 0 saturated heterocycles. The molecule has 172 valence electrons. The topological polar surface area (TPSA) is 151 Å². The van der Waals surface area contributed by atoms with Crippen LogP contribution in [-0.4, -0.2) is 50.1 Å². The molecule has 1 N–H and O–H groups in total. The highest BCUT2D eigenvalue weighted by Gasteiger charge is 2.16. The van der Waals surface area contributed by atoms with E-state index in [0.29, 0.717) is 28.0 Å². The van der Waals surface area contributed by atoms with Crippen LogP contribution in [0, 0.1) is 10.1 Å². The van der Waals surface area contributed by atoms with Gasteiger partial charge in [-0.05, 0) is 40.8 Å². The van der Waals surface area contributed by atoms with E-state index in [2.05, 4.69) is 26.1 Å². The summed E-state index contributed by atoms with van der Waals surface area (Å²) in [5.74, 6) is 0.794. The van der Waals surface area contributed by atoms with E-state index < -0.39 is 4.92 Å². The first-order valence-corrected chi connectivity index (χ1v) is 10.7. The molecule has 0 radical (unpaired) electrons. The molecule has 0 fully saturated rings. The average molecular weight is 479 g/mol. The number of nitrogens with zero attached hydrogens (tertiary/aromatic N) is 6. The molecule has 34 heavy (non-hydrogen) atoms. The Bertz CT molecular complexity index is 1340. The first kappa shape index (κ1) is 22.7. The van der Waals surface area contributed by atoms with Crippen molar-refractivity contribution in [2.75, 3.05) is 12.9 Å². The van der Waals surface area contributed by atoms with E-state index in [1.807, 2.05) is 30.3 Å². The third kappa shape index (κ3) is 5.27. The molecule has 0 aliphatic heterocycles. The Kier molecular flexibility index (Phi) is 6.93. The van der Waals surface area contributed by atoms with Crippen molar-refractivity contribution in [2.45, 2.75) is 5.16 Å². The van der Waals surface area contributed by atoms with Gasteiger partial charge in [0.05, 0.1) is 35.3 Å². The molecule has 0 unspecified atom stereocenters. The van der Waals surface area contributed by atoms with Gasteiger partial charge in [-0.3, -0.25) is 14.9 Å². The summed E-state index contributed by atoms with van der Waals surface area (Å²) in [6.07, 6.45) is 1.32. The second kappa shape index (κ2) is 10.4. The molecular formula is C21H17N7O5S. The molecular weight excluding hydrogens is 462 g/mol. The number of amides is 1. The zero-order valence-corrected chi connectivity index (χ0v) is 18.5. The van der Waals surface area contributed by atoms with Gasteiger partial charge in [-0.1, -0.05) is 30.0 Å². The van der Waals surface area contributed by atoms with Crippen LogP contribution in [0.3, 0.4) is 0 Å². The minimum absolute atomic E-state index is 0.0405. The second-order valence-electron chi connectivity index (χ2n) is 6.63. The van der Waals surface area contributed by atoms with Crippen molar-refractivity contribution >= 4 is 29.6 Å². The summed E-state index contributed by atoms with van der Waals surface area (Å²) in [6, 6.07) is 16.8. The largest absolute Gasteiger partial charge is 0.496 e. The van der Waals surface area contributed by atoms with Crippen LogP contribution in [0.5, 0.6) is 5.75 Å². The van der Waals surface area contributed by atoms with E-state index in [4.69, 9.17) is 9.15 Å². The van der Waals surface area contributed by atoms with Gasteiger partial charge in [0.2, 0.25) is 5.16 Å². The molecule has 0 saturated carbocycles. The summed E-state index contributed by atoms with van der Waals surface area (Å²) in [5, 5.41) is 26.9. The number of nitro benzene ring substituents is 1. The Morgan fingerprint density at radius 1 is 1.26 bits per heavy atom. The van der Waals surface area contributed by atoms with Crippen molar-refractivity contribution in [3.05, 3.63) is 76.5 Å². The van der Waals surface area contributed by atoms with Crippen molar-refractivity contribution in [3.63, 3.8) is 0 Å². The lowest BCUT2D eigenvalue weighted by atomic mass is 10.1. The number of nitrogens with one attached hydrogen (secondary N) is 1. The molecule has 13 heteroatoms. The Morgan fingerprint density at radius 2 is 2.09 bits per heavy atom. The quantitative estimate of drug-likeness (QED) is 0.165. The van der Waals surface area contributed by atoms with Crippen molar-refractivity contribution in [1.82, 2.24) is 25.6 Å². The van der Waals surface area contributed by atoms with Crippen LogP contribution < -0.4 is 10.2 Å². The minimum atomic E-state index is -0.500. The number of aromatic nitrogens is 4. The zero-order valence-electron chi connectivity index (χ0n) is 17.7. The number of para-hydroxylation sites is 1. The number of hydrazone groups is 1. The van der Waals surface area contributed by atoms with Crippen LogP contribution in [0.2, 0.25) is 0 Å². The zero-order chi connectivity index (χ0) is 23.9. The lowest BCUT2D eigenvalue weighted by Crippen LogP contribution is -2.19. The molecule has 4 aromatic rings. The lowest BCUT2D eigenvalue weighted by molar-refractivity contribution is -0.384. The van der Waals surface area contributed by atoms with Gasteiger partial charge in [0, 0.05) is 12.1 Å². The van der Waals surface area contributed by atoms with Gasteiger partial charge in [0.15, 0.2) is 0 Å². The summed E-state index contributed by atoms with van der Waals surface area (Å²) >= 11 is 1.16. The number of furan rings is 1. The van der Waals surface area contributed by atoms with Gasteiger partial charge >= 0.3 is 0 Å². The normalized spacial score (nSPS) is 11.0. The number of nitro groups is 1. The number of non-ortho nitro benzene ring substituents is 1. The molecule has 2 aromatic heterocycles. The fourth-order valence-corrected chi connectivity index (χ4v) is 3.58. The van der Waals surface area contributed by atoms with Crippen molar-refractivity contribution in [1.29, 1.82) is 0 Å². The van der Waals surface area contributed by atoms with E-state index in [0.717, 1.165) is 17.4 Å². The number of carbonyl (C=O) groups excluding carboxylic acids is 1. The molecule has 4 rings (SSSR count). The number of thioether (sulfide) groups is 1. The summed E-state index contributed by atoms with van der Waals surface area (Å²) in [6.45, 7) is 0. The summed E-state index contributed by atoms with van der Waals surface area (Å²) in [5.41, 5.74) is 3.52. The van der Waals surface area contributed by atoms with Crippen LogP contribution in [-0.2, 0) is 4.79 Å². The van der Waals surface area contributed by atoms with Gasteiger partial charge < -0.3 is 9.15 Å². The highest BCUT2D eigenvalue weighted by atomic mass is 32.2. The van der Waals surface area contributed by atoms with Crippen LogP contribution >= 0.6 is 11.8 Å². The Morgan fingerprint density at radius 3 is 2.85 bits per heavy atom. The fraction of sp³-hybridized carbons (Fsp3) is 0.0952. The maximum absolute atomic E-state index is 12.2. The van der Waals surface area contributed by atoms with Crippen LogP contribution in [0.25, 0.3) is 17.0 Å². The number of hydrogen-bond donors (Lipinski definition) is 1. The Balaban J connectivity index is 1.36. The smallest absolute Gasteiger partial charge is 0.270 e. The van der Waals surface area contributed by atoms with Crippen molar-refractivity contribution < 1.29 is 18.9 Å². The molecule has 1 amide bonds. The molecule has 0 aliphatic carbocycles. The van der Waals surface area contributed by atoms with E-state index in [1.165, 1.54) is 36.2 Å². The number of carbonyl (C=O) groups is 1. The molecule has 0 bridgehead atoms. The summed E-state index contributed by atoms with van der Waals surface area (Å²) in [7, 11) is 1.46. The number of tetrazole rings is 1. The Labute approximate surface area is 196 Å². The molecule has 0 aliphatic rings. The van der Waals surface area contributed by atoms with E-state index in [1.54, 1.807) is 12.1 Å². The molecule has 12 nitrogen and oxygen atoms in total. The van der Waals surface area contributed by atoms with Crippen LogP contribution in [0.4, 0.5) is 5.69 Å². The Hall–Kier alpha value is -4.52. The predicted octanol–water partition coefficient (Wildman–Crippen LogP) is 3.08. The van der Waals surface area contributed by atoms with Crippen molar-refractivity contribution in [3.8, 4) is 22.8 Å². The fourth-order valence-electron chi connectivity index (χ4n) is 2.90. The van der Waals surface area contributed by atoms with E-state index in [-0.39, 0.29) is 17.3 Å². The first-order valence-electron chi connectivity index (χ1n) is 9.76. The predicted molar refractivity (Wildman–Crippen MR) is 123 cm³/mol. The average Bonchev–Trinajstić information content (AvgIpc) is 3.52. The molecule has 2 aromatic carbocycles. The monoisotopic (exact) mass is 479 g/mol. The van der Waals surface area contributed by atoms with Crippen LogP contribution in [0.15, 0.2) is 75.3 Å². The minimum Gasteiger partial charge on any atom is -0.496 e. The van der Waals surface area contributed by atoms with Gasteiger partial charge in [0.1, 0.15) is 17.3 Å². The molecule has 0 spiro atoms. The number of methoxy groups -OCH3 is 1. The highest BCUT2D eigenvalue weighted by molar-refractivity contribution is 7.99. The third-order valence-electron chi connectivity index (χ3n) is 4.44. The number of benzene rings is 2. The number of ether oxygens (including phenoxy) is 1. The number of hydrogen-bond acceptors (Lipinski definition) is 10. The summed E-state index contributed by atoms with van der Waals surface area (Å²) < 4.78 is 12.5. The standard InChI is InChI=1S/C21H17N7O5S/c1-32-18-9-7-15(28(30)31)11-17(18)19-10-8-16(33-19)12-22-23-20(29)13-34-21-24-25-26-27(21)14-5-3-2-4-6-14/h2-12H,13H2,1H3,(H,23,29). The first-order chi connectivity index (χ1) is 16.5. The summed E-state index contributed by atoms with van der Waals surface area (Å²) in [4.78, 5) is 22.7. The SMILES string of the molecule is COc1ccc([N+](=O)[O-])cc1-c1ccc(C=NNC(=O)CSc2nnnn2-c2ccccc2)o1. The van der Waals surface area contributed by atoms with Gasteiger partial charge in [-0.25, -0.2) is 5.43 Å². The third-order valence-corrected chi connectivity index (χ3v) is 5.36. The highest BCUT2D eigenvalue weighted by Crippen LogP contribution is 2.34. The van der Waals surface area contributed by atoms with Crippen molar-refractivity contribution in [2.24, 2.45) is 5.10 Å².